The van der Waals surface area contributed by atoms with Crippen molar-refractivity contribution in [3.8, 4) is 0 Å². The molecule has 0 bridgehead atoms. The molecule has 3 heteroatoms. The minimum Gasteiger partial charge on any atom is -0.373 e. The van der Waals surface area contributed by atoms with Crippen LogP contribution < -0.4 is 5.73 Å². The second-order valence-corrected chi connectivity index (χ2v) is 5.49. The minimum absolute atomic E-state index is 0.246. The van der Waals surface area contributed by atoms with Gasteiger partial charge in [-0.05, 0) is 38.0 Å². The molecule has 2 aliphatic heterocycles. The molecule has 3 atom stereocenters. The molecule has 1 fully saturated rings. The summed E-state index contributed by atoms with van der Waals surface area (Å²) in [5.41, 5.74) is 6.18. The summed E-state index contributed by atoms with van der Waals surface area (Å²) in [5.74, 6) is 1.32. The van der Waals surface area contributed by atoms with Gasteiger partial charge in [0.25, 0.3) is 0 Å². The van der Waals surface area contributed by atoms with Crippen LogP contribution in [-0.4, -0.2) is 23.4 Å². The van der Waals surface area contributed by atoms with Crippen LogP contribution in [0.25, 0.3) is 0 Å². The van der Waals surface area contributed by atoms with Crippen molar-refractivity contribution < 1.29 is 4.79 Å². The van der Waals surface area contributed by atoms with E-state index < -0.39 is 0 Å². The predicted octanol–water partition coefficient (Wildman–Crippen LogP) is 1.81. The summed E-state index contributed by atoms with van der Waals surface area (Å²) in [6, 6.07) is 0.605. The monoisotopic (exact) mass is 232 g/mol. The molecular formula is C14H20N2O. The van der Waals surface area contributed by atoms with Crippen LogP contribution in [-0.2, 0) is 4.79 Å². The number of carbonyl (C=O) groups excluding carboxylic acids is 1. The third-order valence-electron chi connectivity index (χ3n) is 4.58. The summed E-state index contributed by atoms with van der Waals surface area (Å²) in [7, 11) is 0. The van der Waals surface area contributed by atoms with Crippen LogP contribution in [0.4, 0.5) is 0 Å². The SMILES string of the molecule is NC(=O)C1=CN2CCC3CCC=CC3C2CC1. The maximum atomic E-state index is 11.2. The average Bonchev–Trinajstić information content (AvgIpc) is 2.38. The van der Waals surface area contributed by atoms with Crippen LogP contribution in [0.3, 0.4) is 0 Å². The fourth-order valence-electron chi connectivity index (χ4n) is 3.67. The summed E-state index contributed by atoms with van der Waals surface area (Å²) in [6.07, 6.45) is 12.6. The molecule has 1 aliphatic carbocycles. The van der Waals surface area contributed by atoms with Gasteiger partial charge in [-0.1, -0.05) is 12.2 Å². The zero-order valence-electron chi connectivity index (χ0n) is 10.1. The van der Waals surface area contributed by atoms with Crippen LogP contribution in [0.2, 0.25) is 0 Å². The maximum absolute atomic E-state index is 11.2. The van der Waals surface area contributed by atoms with E-state index in [2.05, 4.69) is 17.1 Å². The van der Waals surface area contributed by atoms with E-state index in [0.29, 0.717) is 12.0 Å². The maximum Gasteiger partial charge on any atom is 0.246 e. The second kappa shape index (κ2) is 4.21. The number of nitrogens with zero attached hydrogens (tertiary/aromatic N) is 1. The van der Waals surface area contributed by atoms with E-state index in [1.807, 2.05) is 6.20 Å². The van der Waals surface area contributed by atoms with Crippen molar-refractivity contribution in [2.24, 2.45) is 17.6 Å². The quantitative estimate of drug-likeness (QED) is 0.701. The van der Waals surface area contributed by atoms with E-state index in [9.17, 15) is 4.79 Å². The Kier molecular flexibility index (Phi) is 2.69. The lowest BCUT2D eigenvalue weighted by Gasteiger charge is -2.47. The molecule has 0 radical (unpaired) electrons. The van der Waals surface area contributed by atoms with Gasteiger partial charge in [0.15, 0.2) is 0 Å². The lowest BCUT2D eigenvalue weighted by atomic mass is 9.72. The molecule has 2 heterocycles. The Morgan fingerprint density at radius 2 is 2.24 bits per heavy atom. The van der Waals surface area contributed by atoms with Crippen molar-refractivity contribution in [2.75, 3.05) is 6.54 Å². The van der Waals surface area contributed by atoms with Crippen molar-refractivity contribution >= 4 is 5.91 Å². The first-order valence-electron chi connectivity index (χ1n) is 6.68. The largest absolute Gasteiger partial charge is 0.373 e. The molecule has 0 saturated carbocycles. The molecule has 1 amide bonds. The molecule has 3 nitrogen and oxygen atoms in total. The molecular weight excluding hydrogens is 212 g/mol. The number of fused-ring (bicyclic) bond motifs is 3. The zero-order chi connectivity index (χ0) is 11.8. The first-order valence-corrected chi connectivity index (χ1v) is 6.68. The van der Waals surface area contributed by atoms with Crippen LogP contribution in [0.5, 0.6) is 0 Å². The molecule has 17 heavy (non-hydrogen) atoms. The average molecular weight is 232 g/mol. The highest BCUT2D eigenvalue weighted by atomic mass is 16.1. The van der Waals surface area contributed by atoms with Gasteiger partial charge in [0.2, 0.25) is 5.91 Å². The highest BCUT2D eigenvalue weighted by Gasteiger charge is 2.38. The second-order valence-electron chi connectivity index (χ2n) is 5.49. The molecule has 0 aromatic heterocycles. The fourth-order valence-corrected chi connectivity index (χ4v) is 3.67. The molecule has 3 unspecified atom stereocenters. The lowest BCUT2D eigenvalue weighted by molar-refractivity contribution is -0.115. The Morgan fingerprint density at radius 1 is 1.35 bits per heavy atom. The predicted molar refractivity (Wildman–Crippen MR) is 67.0 cm³/mol. The molecule has 1 saturated heterocycles. The van der Waals surface area contributed by atoms with Gasteiger partial charge in [-0.15, -0.1) is 0 Å². The number of allylic oxidation sites excluding steroid dienone is 1. The molecule has 92 valence electrons. The Morgan fingerprint density at radius 3 is 3.06 bits per heavy atom. The van der Waals surface area contributed by atoms with Crippen molar-refractivity contribution in [3.63, 3.8) is 0 Å². The van der Waals surface area contributed by atoms with E-state index in [0.717, 1.165) is 30.9 Å². The van der Waals surface area contributed by atoms with Gasteiger partial charge in [-0.2, -0.15) is 0 Å². The number of piperidine rings is 1. The molecule has 0 aromatic rings. The number of rotatable bonds is 1. The van der Waals surface area contributed by atoms with Gasteiger partial charge in [-0.25, -0.2) is 0 Å². The third kappa shape index (κ3) is 1.88. The third-order valence-corrected chi connectivity index (χ3v) is 4.58. The first kappa shape index (κ1) is 10.9. The van der Waals surface area contributed by atoms with Crippen LogP contribution in [0.15, 0.2) is 23.9 Å². The van der Waals surface area contributed by atoms with E-state index in [1.54, 1.807) is 0 Å². The Labute approximate surface area is 102 Å². The zero-order valence-corrected chi connectivity index (χ0v) is 10.1. The van der Waals surface area contributed by atoms with Crippen LogP contribution in [0, 0.1) is 11.8 Å². The van der Waals surface area contributed by atoms with E-state index >= 15 is 0 Å². The number of amides is 1. The van der Waals surface area contributed by atoms with Crippen LogP contribution >= 0.6 is 0 Å². The summed E-state index contributed by atoms with van der Waals surface area (Å²) in [5, 5.41) is 0. The molecule has 2 N–H and O–H groups in total. The van der Waals surface area contributed by atoms with E-state index in [-0.39, 0.29) is 5.91 Å². The molecule has 3 rings (SSSR count). The number of hydrogen-bond acceptors (Lipinski definition) is 2. The molecule has 0 spiro atoms. The summed E-state index contributed by atoms with van der Waals surface area (Å²) >= 11 is 0. The Bertz CT molecular complexity index is 386. The number of hydrogen-bond donors (Lipinski definition) is 1. The number of primary amides is 1. The normalized spacial score (nSPS) is 35.9. The van der Waals surface area contributed by atoms with Gasteiger partial charge >= 0.3 is 0 Å². The highest BCUT2D eigenvalue weighted by molar-refractivity contribution is 5.91. The van der Waals surface area contributed by atoms with Gasteiger partial charge < -0.3 is 10.6 Å². The Hall–Kier alpha value is -1.25. The lowest BCUT2D eigenvalue weighted by Crippen LogP contribution is -2.48. The minimum atomic E-state index is -0.246. The topological polar surface area (TPSA) is 46.3 Å². The van der Waals surface area contributed by atoms with Gasteiger partial charge in [0, 0.05) is 30.3 Å². The summed E-state index contributed by atoms with van der Waals surface area (Å²) < 4.78 is 0. The van der Waals surface area contributed by atoms with E-state index in [1.165, 1.54) is 19.3 Å². The Balaban J connectivity index is 1.83. The van der Waals surface area contributed by atoms with Gasteiger partial charge in [-0.3, -0.25) is 4.79 Å². The first-order chi connectivity index (χ1) is 8.25. The van der Waals surface area contributed by atoms with Crippen molar-refractivity contribution in [1.29, 1.82) is 0 Å². The summed E-state index contributed by atoms with van der Waals surface area (Å²) in [4.78, 5) is 13.6. The standard InChI is InChI=1S/C14H20N2O/c15-14(17)11-5-6-13-12-4-2-1-3-10(12)7-8-16(13)9-11/h2,4,9-10,12-13H,1,3,5-8H2,(H2,15,17). The summed E-state index contributed by atoms with van der Waals surface area (Å²) in [6.45, 7) is 1.09. The van der Waals surface area contributed by atoms with Crippen molar-refractivity contribution in [3.05, 3.63) is 23.9 Å². The van der Waals surface area contributed by atoms with Gasteiger partial charge in [0.1, 0.15) is 0 Å². The number of carbonyl (C=O) groups is 1. The van der Waals surface area contributed by atoms with Crippen molar-refractivity contribution in [1.82, 2.24) is 4.90 Å². The highest BCUT2D eigenvalue weighted by Crippen LogP contribution is 2.40. The van der Waals surface area contributed by atoms with Gasteiger partial charge in [0.05, 0.1) is 0 Å². The fraction of sp³-hybridized carbons (Fsp3) is 0.643. The molecule has 3 aliphatic rings. The van der Waals surface area contributed by atoms with Crippen LogP contribution in [0.1, 0.15) is 32.1 Å². The van der Waals surface area contributed by atoms with Crippen molar-refractivity contribution in [2.45, 2.75) is 38.1 Å². The van der Waals surface area contributed by atoms with E-state index in [4.69, 9.17) is 5.73 Å². The smallest absolute Gasteiger partial charge is 0.246 e. The molecule has 0 aromatic carbocycles. The number of nitrogens with two attached hydrogens (primary N) is 1.